The molecular weight excluding hydrogens is 352 g/mol. The summed E-state index contributed by atoms with van der Waals surface area (Å²) in [6, 6.07) is 15.0. The molecule has 3 aromatic rings. The summed E-state index contributed by atoms with van der Waals surface area (Å²) in [5, 5.41) is 1.15. The Morgan fingerprint density at radius 1 is 1.00 bits per heavy atom. The highest BCUT2D eigenvalue weighted by molar-refractivity contribution is 7.99. The fourth-order valence-electron chi connectivity index (χ4n) is 3.13. The Labute approximate surface area is 166 Å². The zero-order valence-electron chi connectivity index (χ0n) is 17.3. The normalized spacial score (nSPS) is 11.7. The monoisotopic (exact) mass is 380 g/mol. The average molecular weight is 381 g/mol. The molecule has 0 bridgehead atoms. The van der Waals surface area contributed by atoms with E-state index in [0.29, 0.717) is 0 Å². The van der Waals surface area contributed by atoms with Gasteiger partial charge in [0.2, 0.25) is 0 Å². The van der Waals surface area contributed by atoms with Gasteiger partial charge in [-0.15, -0.1) is 0 Å². The molecule has 3 rings (SSSR count). The number of benzene rings is 2. The summed E-state index contributed by atoms with van der Waals surface area (Å²) >= 11 is 1.75. The van der Waals surface area contributed by atoms with Crippen LogP contribution in [0.1, 0.15) is 37.6 Å². The second-order valence-corrected chi connectivity index (χ2v) is 9.03. The Hall–Kier alpha value is -2.20. The minimum Gasteiger partial charge on any atom is -0.496 e. The number of aryl methyl sites for hydroxylation is 2. The van der Waals surface area contributed by atoms with Crippen LogP contribution in [-0.2, 0) is 12.5 Å². The van der Waals surface area contributed by atoms with Crippen molar-refractivity contribution >= 4 is 11.8 Å². The number of imidazole rings is 1. The predicted octanol–water partition coefficient (Wildman–Crippen LogP) is 6.16. The summed E-state index contributed by atoms with van der Waals surface area (Å²) < 4.78 is 7.72. The fourth-order valence-corrected chi connectivity index (χ4v) is 4.05. The molecule has 1 heterocycles. The van der Waals surface area contributed by atoms with Crippen molar-refractivity contribution in [2.24, 2.45) is 7.05 Å². The first-order valence-corrected chi connectivity index (χ1v) is 9.99. The van der Waals surface area contributed by atoms with Gasteiger partial charge in [0, 0.05) is 11.9 Å². The first-order valence-electron chi connectivity index (χ1n) is 9.17. The number of ether oxygens (including phenoxy) is 1. The van der Waals surface area contributed by atoms with Crippen LogP contribution in [0.3, 0.4) is 0 Å². The summed E-state index contributed by atoms with van der Waals surface area (Å²) in [4.78, 5) is 6.06. The number of methoxy groups -OCH3 is 1. The Morgan fingerprint density at radius 3 is 2.26 bits per heavy atom. The molecule has 0 aliphatic carbocycles. The molecule has 0 saturated carbocycles. The van der Waals surface area contributed by atoms with Crippen LogP contribution < -0.4 is 4.74 Å². The number of rotatable bonds is 4. The zero-order valence-corrected chi connectivity index (χ0v) is 18.1. The van der Waals surface area contributed by atoms with E-state index >= 15 is 0 Å². The van der Waals surface area contributed by atoms with Crippen molar-refractivity contribution in [3.05, 3.63) is 59.3 Å². The molecule has 0 atom stereocenters. The van der Waals surface area contributed by atoms with Crippen LogP contribution >= 0.6 is 11.8 Å². The lowest BCUT2D eigenvalue weighted by Crippen LogP contribution is -2.10. The molecule has 0 aliphatic heterocycles. The lowest BCUT2D eigenvalue weighted by molar-refractivity contribution is 0.416. The second kappa shape index (κ2) is 7.43. The fraction of sp³-hybridized carbons (Fsp3) is 0.348. The molecule has 2 aromatic carbocycles. The highest BCUT2D eigenvalue weighted by Crippen LogP contribution is 2.37. The van der Waals surface area contributed by atoms with Crippen molar-refractivity contribution in [3.63, 3.8) is 0 Å². The summed E-state index contributed by atoms with van der Waals surface area (Å²) in [6.07, 6.45) is 0. The van der Waals surface area contributed by atoms with E-state index in [1.165, 1.54) is 16.0 Å². The van der Waals surface area contributed by atoms with Crippen molar-refractivity contribution in [1.29, 1.82) is 0 Å². The summed E-state index contributed by atoms with van der Waals surface area (Å²) in [7, 11) is 3.78. The number of hydrogen-bond acceptors (Lipinski definition) is 3. The van der Waals surface area contributed by atoms with Crippen LogP contribution in [0.4, 0.5) is 0 Å². The second-order valence-electron chi connectivity index (χ2n) is 7.97. The van der Waals surface area contributed by atoms with E-state index in [9.17, 15) is 0 Å². The van der Waals surface area contributed by atoms with Crippen molar-refractivity contribution < 1.29 is 4.74 Å². The van der Waals surface area contributed by atoms with Crippen molar-refractivity contribution in [2.45, 2.75) is 50.0 Å². The third kappa shape index (κ3) is 4.06. The topological polar surface area (TPSA) is 27.1 Å². The quantitative estimate of drug-likeness (QED) is 0.542. The van der Waals surface area contributed by atoms with Crippen molar-refractivity contribution in [3.8, 4) is 17.1 Å². The van der Waals surface area contributed by atoms with Crippen LogP contribution in [0, 0.1) is 13.8 Å². The van der Waals surface area contributed by atoms with Gasteiger partial charge >= 0.3 is 0 Å². The van der Waals surface area contributed by atoms with Crippen LogP contribution in [-0.4, -0.2) is 16.7 Å². The molecular formula is C23H28N2OS. The molecule has 0 saturated heterocycles. The van der Waals surface area contributed by atoms with E-state index in [-0.39, 0.29) is 5.41 Å². The molecule has 3 nitrogen and oxygen atoms in total. The summed E-state index contributed by atoms with van der Waals surface area (Å²) in [6.45, 7) is 10.9. The molecule has 0 aliphatic rings. The molecule has 4 heteroatoms. The molecule has 0 fully saturated rings. The van der Waals surface area contributed by atoms with Gasteiger partial charge < -0.3 is 9.30 Å². The van der Waals surface area contributed by atoms with Crippen LogP contribution in [0.15, 0.2) is 52.4 Å². The Morgan fingerprint density at radius 2 is 1.67 bits per heavy atom. The molecule has 0 amide bonds. The van der Waals surface area contributed by atoms with E-state index < -0.39 is 0 Å². The van der Waals surface area contributed by atoms with Gasteiger partial charge in [-0.1, -0.05) is 56.3 Å². The highest BCUT2D eigenvalue weighted by Gasteiger charge is 2.18. The van der Waals surface area contributed by atoms with Crippen LogP contribution in [0.2, 0.25) is 0 Å². The molecule has 0 spiro atoms. The van der Waals surface area contributed by atoms with Gasteiger partial charge in [-0.05, 0) is 49.1 Å². The maximum absolute atomic E-state index is 5.56. The first kappa shape index (κ1) is 19.6. The van der Waals surface area contributed by atoms with Gasteiger partial charge in [0.15, 0.2) is 0 Å². The van der Waals surface area contributed by atoms with Gasteiger partial charge in [-0.3, -0.25) is 0 Å². The Bertz CT molecular complexity index is 950. The summed E-state index contributed by atoms with van der Waals surface area (Å²) in [5.74, 6) is 1.78. The molecule has 0 radical (unpaired) electrons. The SMILES string of the molecule is COc1ccc(C)cc1-c1nc(C)c(Sc2ccc(C(C)(C)C)cc2)n1C. The van der Waals surface area contributed by atoms with Crippen LogP contribution in [0.25, 0.3) is 11.4 Å². The van der Waals surface area contributed by atoms with Gasteiger partial charge in [-0.25, -0.2) is 4.98 Å². The Kier molecular flexibility index (Phi) is 5.38. The zero-order chi connectivity index (χ0) is 19.8. The maximum atomic E-state index is 5.56. The first-order chi connectivity index (χ1) is 12.7. The molecule has 0 N–H and O–H groups in total. The predicted molar refractivity (Wildman–Crippen MR) is 114 cm³/mol. The smallest absolute Gasteiger partial charge is 0.144 e. The lowest BCUT2D eigenvalue weighted by atomic mass is 9.87. The molecule has 0 unspecified atom stereocenters. The van der Waals surface area contributed by atoms with E-state index in [4.69, 9.17) is 9.72 Å². The van der Waals surface area contributed by atoms with Gasteiger partial charge in [0.25, 0.3) is 0 Å². The van der Waals surface area contributed by atoms with Gasteiger partial charge in [0.1, 0.15) is 16.6 Å². The Balaban J connectivity index is 1.96. The van der Waals surface area contributed by atoms with Gasteiger partial charge in [-0.2, -0.15) is 0 Å². The molecule has 1 aromatic heterocycles. The number of aromatic nitrogens is 2. The summed E-state index contributed by atoms with van der Waals surface area (Å²) in [5.41, 5.74) is 4.76. The minimum absolute atomic E-state index is 0.167. The van der Waals surface area contributed by atoms with E-state index in [2.05, 4.69) is 82.6 Å². The largest absolute Gasteiger partial charge is 0.496 e. The molecule has 142 valence electrons. The van der Waals surface area contributed by atoms with Crippen molar-refractivity contribution in [1.82, 2.24) is 9.55 Å². The minimum atomic E-state index is 0.167. The standard InChI is InChI=1S/C23H28N2OS/c1-15-8-13-20(26-7)19(14-15)21-24-16(2)22(25(21)6)27-18-11-9-17(10-12-18)23(3,4)5/h8-14H,1-7H3. The van der Waals surface area contributed by atoms with Gasteiger partial charge in [0.05, 0.1) is 18.4 Å². The maximum Gasteiger partial charge on any atom is 0.144 e. The third-order valence-electron chi connectivity index (χ3n) is 4.74. The van der Waals surface area contributed by atoms with Crippen LogP contribution in [0.5, 0.6) is 5.75 Å². The average Bonchev–Trinajstić information content (AvgIpc) is 2.89. The van der Waals surface area contributed by atoms with Crippen molar-refractivity contribution in [2.75, 3.05) is 7.11 Å². The highest BCUT2D eigenvalue weighted by atomic mass is 32.2. The number of nitrogens with zero attached hydrogens (tertiary/aromatic N) is 2. The third-order valence-corrected chi connectivity index (χ3v) is 6.01. The van der Waals surface area contributed by atoms with E-state index in [1.54, 1.807) is 18.9 Å². The van der Waals surface area contributed by atoms with E-state index in [0.717, 1.165) is 27.9 Å². The van der Waals surface area contributed by atoms with E-state index in [1.807, 2.05) is 6.07 Å². The lowest BCUT2D eigenvalue weighted by Gasteiger charge is -2.19. The number of hydrogen-bond donors (Lipinski definition) is 0. The molecule has 27 heavy (non-hydrogen) atoms.